The molecule has 98 valence electrons. The van der Waals surface area contributed by atoms with Crippen molar-refractivity contribution in [2.24, 2.45) is 0 Å². The molecule has 0 saturated carbocycles. The molecular formula is C13H17BrN2O2. The molecule has 5 heteroatoms. The Hall–Kier alpha value is -1.07. The second-order valence-electron chi connectivity index (χ2n) is 4.39. The van der Waals surface area contributed by atoms with Gasteiger partial charge in [0.05, 0.1) is 11.6 Å². The predicted octanol–water partition coefficient (Wildman–Crippen LogP) is 2.54. The van der Waals surface area contributed by atoms with Crippen molar-refractivity contribution in [1.29, 1.82) is 0 Å². The highest BCUT2D eigenvalue weighted by Gasteiger charge is 2.17. The number of anilines is 1. The Bertz CT molecular complexity index is 431. The molecular weight excluding hydrogens is 296 g/mol. The lowest BCUT2D eigenvalue weighted by atomic mass is 10.1. The SMILES string of the molecule is COc1ccc(NC(=O)CC2CCCN2)cc1Br. The summed E-state index contributed by atoms with van der Waals surface area (Å²) < 4.78 is 5.98. The summed E-state index contributed by atoms with van der Waals surface area (Å²) in [4.78, 5) is 11.8. The highest BCUT2D eigenvalue weighted by molar-refractivity contribution is 9.10. The lowest BCUT2D eigenvalue weighted by Crippen LogP contribution is -2.27. The fourth-order valence-electron chi connectivity index (χ4n) is 2.11. The predicted molar refractivity (Wildman–Crippen MR) is 75.0 cm³/mol. The number of nitrogens with one attached hydrogen (secondary N) is 2. The van der Waals surface area contributed by atoms with E-state index in [1.54, 1.807) is 7.11 Å². The van der Waals surface area contributed by atoms with Gasteiger partial charge in [-0.05, 0) is 53.5 Å². The monoisotopic (exact) mass is 312 g/mol. The Labute approximate surface area is 115 Å². The third-order valence-corrected chi connectivity index (χ3v) is 3.65. The quantitative estimate of drug-likeness (QED) is 0.898. The standard InChI is InChI=1S/C13H17BrN2O2/c1-18-12-5-4-10(7-11(12)14)16-13(17)8-9-3-2-6-15-9/h4-5,7,9,15H,2-3,6,8H2,1H3,(H,16,17). The molecule has 1 aliphatic heterocycles. The molecule has 1 unspecified atom stereocenters. The Morgan fingerprint density at radius 1 is 1.61 bits per heavy atom. The van der Waals surface area contributed by atoms with Crippen LogP contribution in [0.3, 0.4) is 0 Å². The minimum absolute atomic E-state index is 0.0477. The van der Waals surface area contributed by atoms with Crippen LogP contribution in [0.5, 0.6) is 5.75 Å². The van der Waals surface area contributed by atoms with Crippen LogP contribution in [0.15, 0.2) is 22.7 Å². The summed E-state index contributed by atoms with van der Waals surface area (Å²) in [6.07, 6.45) is 2.77. The van der Waals surface area contributed by atoms with Gasteiger partial charge >= 0.3 is 0 Å². The Balaban J connectivity index is 1.92. The number of rotatable bonds is 4. The number of hydrogen-bond donors (Lipinski definition) is 2. The minimum Gasteiger partial charge on any atom is -0.496 e. The van der Waals surface area contributed by atoms with Crippen molar-refractivity contribution in [1.82, 2.24) is 5.32 Å². The van der Waals surface area contributed by atoms with Crippen molar-refractivity contribution in [3.63, 3.8) is 0 Å². The summed E-state index contributed by atoms with van der Waals surface area (Å²) in [5, 5.41) is 6.21. The molecule has 0 spiro atoms. The number of amides is 1. The number of ether oxygens (including phenoxy) is 1. The van der Waals surface area contributed by atoms with Gasteiger partial charge in [0.2, 0.25) is 5.91 Å². The second kappa shape index (κ2) is 6.20. The van der Waals surface area contributed by atoms with Gasteiger partial charge in [0.25, 0.3) is 0 Å². The van der Waals surface area contributed by atoms with Gasteiger partial charge in [-0.3, -0.25) is 4.79 Å². The maximum Gasteiger partial charge on any atom is 0.225 e. The van der Waals surface area contributed by atoms with Gasteiger partial charge in [-0.25, -0.2) is 0 Å². The summed E-state index contributed by atoms with van der Waals surface area (Å²) in [7, 11) is 1.62. The van der Waals surface area contributed by atoms with Gasteiger partial charge in [0.15, 0.2) is 0 Å². The molecule has 0 bridgehead atoms. The van der Waals surface area contributed by atoms with Crippen LogP contribution in [0.4, 0.5) is 5.69 Å². The molecule has 0 aromatic heterocycles. The highest BCUT2D eigenvalue weighted by atomic mass is 79.9. The summed E-state index contributed by atoms with van der Waals surface area (Å²) in [5.41, 5.74) is 0.783. The number of carbonyl (C=O) groups is 1. The Kier molecular flexibility index (Phi) is 4.60. The first kappa shape index (κ1) is 13.4. The molecule has 1 amide bonds. The first-order chi connectivity index (χ1) is 8.69. The van der Waals surface area contributed by atoms with Crippen molar-refractivity contribution in [2.45, 2.75) is 25.3 Å². The molecule has 1 aromatic rings. The fourth-order valence-corrected chi connectivity index (χ4v) is 2.65. The van der Waals surface area contributed by atoms with Crippen LogP contribution in [0.1, 0.15) is 19.3 Å². The fraction of sp³-hybridized carbons (Fsp3) is 0.462. The van der Waals surface area contributed by atoms with E-state index in [0.717, 1.165) is 35.3 Å². The average molecular weight is 313 g/mol. The molecule has 1 aromatic carbocycles. The van der Waals surface area contributed by atoms with Crippen molar-refractivity contribution in [2.75, 3.05) is 19.0 Å². The van der Waals surface area contributed by atoms with E-state index in [-0.39, 0.29) is 5.91 Å². The van der Waals surface area contributed by atoms with Gasteiger partial charge < -0.3 is 15.4 Å². The van der Waals surface area contributed by atoms with E-state index in [0.29, 0.717) is 12.5 Å². The molecule has 18 heavy (non-hydrogen) atoms. The summed E-state index contributed by atoms with van der Waals surface area (Å²) in [6.45, 7) is 1.02. The second-order valence-corrected chi connectivity index (χ2v) is 5.25. The van der Waals surface area contributed by atoms with E-state index in [4.69, 9.17) is 4.74 Å². The lowest BCUT2D eigenvalue weighted by molar-refractivity contribution is -0.116. The Morgan fingerprint density at radius 3 is 3.06 bits per heavy atom. The smallest absolute Gasteiger partial charge is 0.225 e. The molecule has 1 fully saturated rings. The summed E-state index contributed by atoms with van der Waals surface area (Å²) >= 11 is 3.40. The van der Waals surface area contributed by atoms with Gasteiger partial charge in [0.1, 0.15) is 5.75 Å². The van der Waals surface area contributed by atoms with Crippen LogP contribution in [0.2, 0.25) is 0 Å². The van der Waals surface area contributed by atoms with Crippen molar-refractivity contribution >= 4 is 27.5 Å². The van der Waals surface area contributed by atoms with Gasteiger partial charge in [0, 0.05) is 18.2 Å². The molecule has 2 rings (SSSR count). The van der Waals surface area contributed by atoms with Crippen LogP contribution in [-0.2, 0) is 4.79 Å². The van der Waals surface area contributed by atoms with Crippen molar-refractivity contribution in [3.8, 4) is 5.75 Å². The average Bonchev–Trinajstić information content (AvgIpc) is 2.82. The van der Waals surface area contributed by atoms with E-state index in [1.165, 1.54) is 0 Å². The number of benzene rings is 1. The van der Waals surface area contributed by atoms with E-state index in [9.17, 15) is 4.79 Å². The molecule has 1 atom stereocenters. The summed E-state index contributed by atoms with van der Waals surface area (Å²) in [5.74, 6) is 0.803. The van der Waals surface area contributed by atoms with Crippen LogP contribution in [0.25, 0.3) is 0 Å². The first-order valence-corrected chi connectivity index (χ1v) is 6.85. The first-order valence-electron chi connectivity index (χ1n) is 6.06. The molecule has 1 aliphatic rings. The van der Waals surface area contributed by atoms with E-state index >= 15 is 0 Å². The molecule has 1 saturated heterocycles. The number of halogens is 1. The maximum absolute atomic E-state index is 11.8. The van der Waals surface area contributed by atoms with E-state index < -0.39 is 0 Å². The zero-order chi connectivity index (χ0) is 13.0. The zero-order valence-corrected chi connectivity index (χ0v) is 11.9. The maximum atomic E-state index is 11.8. The third-order valence-electron chi connectivity index (χ3n) is 3.03. The highest BCUT2D eigenvalue weighted by Crippen LogP contribution is 2.27. The largest absolute Gasteiger partial charge is 0.496 e. The third kappa shape index (κ3) is 3.46. The van der Waals surface area contributed by atoms with Gasteiger partial charge in [-0.1, -0.05) is 0 Å². The summed E-state index contributed by atoms with van der Waals surface area (Å²) in [6, 6.07) is 5.84. The van der Waals surface area contributed by atoms with E-state index in [1.807, 2.05) is 18.2 Å². The van der Waals surface area contributed by atoms with Crippen molar-refractivity contribution < 1.29 is 9.53 Å². The van der Waals surface area contributed by atoms with Crippen LogP contribution in [0, 0.1) is 0 Å². The van der Waals surface area contributed by atoms with Gasteiger partial charge in [-0.2, -0.15) is 0 Å². The molecule has 4 nitrogen and oxygen atoms in total. The van der Waals surface area contributed by atoms with Crippen molar-refractivity contribution in [3.05, 3.63) is 22.7 Å². The zero-order valence-electron chi connectivity index (χ0n) is 10.3. The Morgan fingerprint density at radius 2 is 2.44 bits per heavy atom. The van der Waals surface area contributed by atoms with Crippen LogP contribution >= 0.6 is 15.9 Å². The number of carbonyl (C=O) groups excluding carboxylic acids is 1. The lowest BCUT2D eigenvalue weighted by Gasteiger charge is -2.11. The van der Waals surface area contributed by atoms with Crippen LogP contribution < -0.4 is 15.4 Å². The normalized spacial score (nSPS) is 18.7. The number of methoxy groups -OCH3 is 1. The topological polar surface area (TPSA) is 50.4 Å². The van der Waals surface area contributed by atoms with Gasteiger partial charge in [-0.15, -0.1) is 0 Å². The molecule has 0 aliphatic carbocycles. The van der Waals surface area contributed by atoms with Crippen LogP contribution in [-0.4, -0.2) is 25.6 Å². The molecule has 1 heterocycles. The van der Waals surface area contributed by atoms with E-state index in [2.05, 4.69) is 26.6 Å². The molecule has 2 N–H and O–H groups in total. The number of hydrogen-bond acceptors (Lipinski definition) is 3. The molecule has 0 radical (unpaired) electrons. The minimum atomic E-state index is 0.0477.